The van der Waals surface area contributed by atoms with Gasteiger partial charge in [-0.05, 0) is 31.0 Å². The zero-order valence-electron chi connectivity index (χ0n) is 14.9. The molecule has 2 aromatic rings. The SMILES string of the molecule is Cn1cc(C(=O)N2CCCC2COc2ccc(C(F)F)cc2Cl)c(C(F)F)n1. The Morgan fingerprint density at radius 2 is 2.07 bits per heavy atom. The van der Waals surface area contributed by atoms with E-state index in [1.807, 2.05) is 0 Å². The second kappa shape index (κ2) is 8.38. The van der Waals surface area contributed by atoms with Crippen LogP contribution in [0, 0.1) is 0 Å². The van der Waals surface area contributed by atoms with Crippen LogP contribution < -0.4 is 4.74 Å². The van der Waals surface area contributed by atoms with Crippen molar-refractivity contribution >= 4 is 17.5 Å². The maximum atomic E-state index is 13.1. The van der Waals surface area contributed by atoms with E-state index in [9.17, 15) is 22.4 Å². The molecule has 5 nitrogen and oxygen atoms in total. The number of carbonyl (C=O) groups excluding carboxylic acids is 1. The number of likely N-dealkylation sites (tertiary alicyclic amines) is 1. The van der Waals surface area contributed by atoms with E-state index in [1.165, 1.54) is 35.0 Å². The predicted molar refractivity (Wildman–Crippen MR) is 94.1 cm³/mol. The van der Waals surface area contributed by atoms with Gasteiger partial charge in [0.2, 0.25) is 0 Å². The fraction of sp³-hybridized carbons (Fsp3) is 0.444. The third-order valence-corrected chi connectivity index (χ3v) is 4.87. The molecule has 0 bridgehead atoms. The van der Waals surface area contributed by atoms with Crippen molar-refractivity contribution in [2.24, 2.45) is 7.05 Å². The second-order valence-electron chi connectivity index (χ2n) is 6.50. The predicted octanol–water partition coefficient (Wildman–Crippen LogP) is 4.63. The minimum Gasteiger partial charge on any atom is -0.490 e. The van der Waals surface area contributed by atoms with E-state index in [4.69, 9.17) is 16.3 Å². The van der Waals surface area contributed by atoms with Gasteiger partial charge in [-0.2, -0.15) is 5.10 Å². The Morgan fingerprint density at radius 3 is 2.71 bits per heavy atom. The number of nitrogens with zero attached hydrogens (tertiary/aromatic N) is 3. The van der Waals surface area contributed by atoms with Crippen LogP contribution in [0.2, 0.25) is 5.02 Å². The van der Waals surface area contributed by atoms with E-state index in [-0.39, 0.29) is 34.5 Å². The van der Waals surface area contributed by atoms with Crippen molar-refractivity contribution in [3.05, 3.63) is 46.2 Å². The van der Waals surface area contributed by atoms with Crippen molar-refractivity contribution in [3.63, 3.8) is 0 Å². The summed E-state index contributed by atoms with van der Waals surface area (Å²) in [6, 6.07) is 3.35. The van der Waals surface area contributed by atoms with Crippen molar-refractivity contribution in [2.75, 3.05) is 13.2 Å². The van der Waals surface area contributed by atoms with Crippen LogP contribution in [0.1, 0.15) is 47.3 Å². The number of hydrogen-bond donors (Lipinski definition) is 0. The van der Waals surface area contributed by atoms with Crippen LogP contribution in [-0.4, -0.2) is 39.8 Å². The largest absolute Gasteiger partial charge is 0.490 e. The molecule has 0 radical (unpaired) electrons. The van der Waals surface area contributed by atoms with E-state index in [0.29, 0.717) is 19.4 Å². The van der Waals surface area contributed by atoms with Gasteiger partial charge in [0.05, 0.1) is 16.6 Å². The number of amides is 1. The van der Waals surface area contributed by atoms with E-state index >= 15 is 0 Å². The molecule has 3 rings (SSSR count). The summed E-state index contributed by atoms with van der Waals surface area (Å²) in [5.74, 6) is -0.311. The lowest BCUT2D eigenvalue weighted by atomic mass is 10.2. The third-order valence-electron chi connectivity index (χ3n) is 4.57. The van der Waals surface area contributed by atoms with E-state index < -0.39 is 24.5 Å². The Hall–Kier alpha value is -2.29. The van der Waals surface area contributed by atoms with Crippen LogP contribution in [0.4, 0.5) is 17.6 Å². The molecule has 28 heavy (non-hydrogen) atoms. The second-order valence-corrected chi connectivity index (χ2v) is 6.91. The summed E-state index contributed by atoms with van der Waals surface area (Å²) >= 11 is 5.98. The molecular weight excluding hydrogens is 402 g/mol. The Labute approximate surface area is 163 Å². The van der Waals surface area contributed by atoms with Gasteiger partial charge in [-0.25, -0.2) is 17.6 Å². The number of halogens is 5. The fourth-order valence-corrected chi connectivity index (χ4v) is 3.46. The first-order chi connectivity index (χ1) is 13.3. The standard InChI is InChI=1S/C18H18ClF4N3O2/c1-25-8-12(15(24-25)17(22)23)18(27)26-6-2-3-11(26)9-28-14-5-4-10(16(20)21)7-13(14)19/h4-5,7-8,11,16-17H,2-3,6,9H2,1H3. The van der Waals surface area contributed by atoms with Crippen molar-refractivity contribution in [2.45, 2.75) is 31.7 Å². The molecule has 0 N–H and O–H groups in total. The summed E-state index contributed by atoms with van der Waals surface area (Å²) in [4.78, 5) is 14.2. The molecule has 1 saturated heterocycles. The van der Waals surface area contributed by atoms with Gasteiger partial charge >= 0.3 is 0 Å². The zero-order chi connectivity index (χ0) is 20.4. The van der Waals surface area contributed by atoms with Gasteiger partial charge in [-0.15, -0.1) is 0 Å². The Balaban J connectivity index is 1.71. The van der Waals surface area contributed by atoms with Gasteiger partial charge in [-0.3, -0.25) is 9.48 Å². The number of aromatic nitrogens is 2. The van der Waals surface area contributed by atoms with Gasteiger partial charge in [0.15, 0.2) is 0 Å². The topological polar surface area (TPSA) is 47.4 Å². The van der Waals surface area contributed by atoms with Gasteiger partial charge in [0, 0.05) is 25.4 Å². The molecule has 0 spiro atoms. The molecule has 0 aliphatic carbocycles. The highest BCUT2D eigenvalue weighted by Crippen LogP contribution is 2.31. The maximum absolute atomic E-state index is 13.1. The summed E-state index contributed by atoms with van der Waals surface area (Å²) in [6.45, 7) is 0.478. The number of alkyl halides is 4. The summed E-state index contributed by atoms with van der Waals surface area (Å²) < 4.78 is 58.5. The monoisotopic (exact) mass is 419 g/mol. The minimum atomic E-state index is -2.86. The Kier molecular flexibility index (Phi) is 6.12. The van der Waals surface area contributed by atoms with Crippen molar-refractivity contribution in [1.82, 2.24) is 14.7 Å². The molecule has 1 aliphatic rings. The number of ether oxygens (including phenoxy) is 1. The average molecular weight is 420 g/mol. The Morgan fingerprint density at radius 1 is 1.32 bits per heavy atom. The molecule has 1 aliphatic heterocycles. The molecule has 1 unspecified atom stereocenters. The first-order valence-corrected chi connectivity index (χ1v) is 8.98. The van der Waals surface area contributed by atoms with Gasteiger partial charge < -0.3 is 9.64 Å². The van der Waals surface area contributed by atoms with Crippen LogP contribution in [0.3, 0.4) is 0 Å². The summed E-state index contributed by atoms with van der Waals surface area (Å²) in [5, 5.41) is 3.71. The molecule has 10 heteroatoms. The quantitative estimate of drug-likeness (QED) is 0.641. The van der Waals surface area contributed by atoms with E-state index in [1.54, 1.807) is 0 Å². The molecule has 0 saturated carbocycles. The van der Waals surface area contributed by atoms with Gasteiger partial charge in [-0.1, -0.05) is 11.6 Å². The highest BCUT2D eigenvalue weighted by atomic mass is 35.5. The summed E-state index contributed by atoms with van der Waals surface area (Å²) in [6.07, 6.45) is -2.90. The Bertz CT molecular complexity index is 859. The smallest absolute Gasteiger partial charge is 0.282 e. The number of aryl methyl sites for hydroxylation is 1. The maximum Gasteiger partial charge on any atom is 0.282 e. The lowest BCUT2D eigenvalue weighted by Gasteiger charge is -2.25. The summed E-state index contributed by atoms with van der Waals surface area (Å²) in [5.41, 5.74) is -0.903. The van der Waals surface area contributed by atoms with E-state index in [2.05, 4.69) is 5.10 Å². The molecule has 2 heterocycles. The average Bonchev–Trinajstić information content (AvgIpc) is 3.26. The highest BCUT2D eigenvalue weighted by Gasteiger charge is 2.33. The van der Waals surface area contributed by atoms with Crippen molar-refractivity contribution in [3.8, 4) is 5.75 Å². The highest BCUT2D eigenvalue weighted by molar-refractivity contribution is 6.32. The van der Waals surface area contributed by atoms with Crippen LogP contribution in [-0.2, 0) is 7.05 Å². The van der Waals surface area contributed by atoms with Crippen LogP contribution in [0.15, 0.2) is 24.4 Å². The van der Waals surface area contributed by atoms with Crippen molar-refractivity contribution < 1.29 is 27.1 Å². The third kappa shape index (κ3) is 4.24. The molecule has 1 amide bonds. The lowest BCUT2D eigenvalue weighted by molar-refractivity contribution is 0.0680. The molecule has 152 valence electrons. The van der Waals surface area contributed by atoms with Gasteiger partial charge in [0.1, 0.15) is 18.1 Å². The lowest BCUT2D eigenvalue weighted by Crippen LogP contribution is -2.39. The number of rotatable bonds is 6. The first kappa shape index (κ1) is 20.4. The number of carbonyl (C=O) groups is 1. The molecule has 1 fully saturated rings. The molecule has 1 aromatic heterocycles. The van der Waals surface area contributed by atoms with Crippen LogP contribution in [0.25, 0.3) is 0 Å². The minimum absolute atomic E-state index is 0.0425. The number of hydrogen-bond acceptors (Lipinski definition) is 3. The molecule has 1 atom stereocenters. The first-order valence-electron chi connectivity index (χ1n) is 8.61. The number of benzene rings is 1. The molecular formula is C18H18ClF4N3O2. The van der Waals surface area contributed by atoms with Crippen LogP contribution in [0.5, 0.6) is 5.75 Å². The normalized spacial score (nSPS) is 17.0. The van der Waals surface area contributed by atoms with Crippen LogP contribution >= 0.6 is 11.6 Å². The summed E-state index contributed by atoms with van der Waals surface area (Å²) in [7, 11) is 1.47. The van der Waals surface area contributed by atoms with Gasteiger partial charge in [0.25, 0.3) is 18.8 Å². The van der Waals surface area contributed by atoms with E-state index in [0.717, 1.165) is 6.07 Å². The molecule has 1 aromatic carbocycles. The van der Waals surface area contributed by atoms with Crippen molar-refractivity contribution in [1.29, 1.82) is 0 Å². The zero-order valence-corrected chi connectivity index (χ0v) is 15.7. The fourth-order valence-electron chi connectivity index (χ4n) is 3.22.